The van der Waals surface area contributed by atoms with Gasteiger partial charge in [-0.25, -0.2) is 9.78 Å². The van der Waals surface area contributed by atoms with Crippen molar-refractivity contribution in [1.29, 1.82) is 0 Å². The number of hydrogen-bond donors (Lipinski definition) is 3. The molecule has 0 bridgehead atoms. The number of aromatic amines is 1. The number of fused-ring (bicyclic) bond motifs is 3. The number of pyridine rings is 2. The highest BCUT2D eigenvalue weighted by Gasteiger charge is 2.07. The van der Waals surface area contributed by atoms with Crippen LogP contribution in [0.5, 0.6) is 0 Å². The van der Waals surface area contributed by atoms with E-state index in [9.17, 15) is 9.59 Å². The highest BCUT2D eigenvalue weighted by atomic mass is 16.4. The number of carboxylic acids is 1. The maximum atomic E-state index is 12.2. The minimum atomic E-state index is -0.948. The zero-order valence-electron chi connectivity index (χ0n) is 13.7. The van der Waals surface area contributed by atoms with Gasteiger partial charge in [0.15, 0.2) is 0 Å². The number of nitrogens with one attached hydrogen (secondary N) is 2. The van der Waals surface area contributed by atoms with Crippen molar-refractivity contribution in [1.82, 2.24) is 9.97 Å². The number of H-pyrrole nitrogens is 1. The fraction of sp³-hybridized carbons (Fsp3) is 0.0500. The normalized spacial score (nSPS) is 10.9. The van der Waals surface area contributed by atoms with E-state index in [0.29, 0.717) is 17.6 Å². The fourth-order valence-corrected chi connectivity index (χ4v) is 2.99. The Labute approximate surface area is 148 Å². The maximum Gasteiger partial charge on any atom is 0.335 e. The molecule has 4 aromatic rings. The summed E-state index contributed by atoms with van der Waals surface area (Å²) in [6.07, 6.45) is 1.64. The summed E-state index contributed by atoms with van der Waals surface area (Å²) in [7, 11) is 0. The van der Waals surface area contributed by atoms with Crippen LogP contribution in [0.1, 0.15) is 15.9 Å². The molecule has 0 aliphatic rings. The molecule has 0 unspecified atom stereocenters. The summed E-state index contributed by atoms with van der Waals surface area (Å²) in [6.45, 7) is 0.478. The molecule has 0 saturated heterocycles. The van der Waals surface area contributed by atoms with Crippen molar-refractivity contribution in [2.45, 2.75) is 6.54 Å². The first-order valence-electron chi connectivity index (χ1n) is 8.09. The Morgan fingerprint density at radius 1 is 1.04 bits per heavy atom. The number of anilines is 1. The molecule has 6 heteroatoms. The molecule has 26 heavy (non-hydrogen) atoms. The lowest BCUT2D eigenvalue weighted by molar-refractivity contribution is 0.0697. The van der Waals surface area contributed by atoms with E-state index < -0.39 is 5.97 Å². The Balaban J connectivity index is 1.69. The van der Waals surface area contributed by atoms with Gasteiger partial charge in [-0.05, 0) is 48.0 Å². The van der Waals surface area contributed by atoms with E-state index in [4.69, 9.17) is 5.11 Å². The van der Waals surface area contributed by atoms with Gasteiger partial charge in [0.2, 0.25) is 0 Å². The topological polar surface area (TPSA) is 95.1 Å². The molecule has 2 aromatic heterocycles. The van der Waals surface area contributed by atoms with E-state index in [1.807, 2.05) is 30.3 Å². The molecule has 2 aromatic carbocycles. The van der Waals surface area contributed by atoms with Gasteiger partial charge in [-0.2, -0.15) is 0 Å². The van der Waals surface area contributed by atoms with Crippen LogP contribution in [-0.4, -0.2) is 21.0 Å². The Morgan fingerprint density at radius 3 is 2.77 bits per heavy atom. The van der Waals surface area contributed by atoms with Gasteiger partial charge in [-0.15, -0.1) is 0 Å². The number of hydrogen-bond acceptors (Lipinski definition) is 4. The predicted octanol–water partition coefficient (Wildman–Crippen LogP) is 3.39. The van der Waals surface area contributed by atoms with E-state index >= 15 is 0 Å². The van der Waals surface area contributed by atoms with E-state index in [0.717, 1.165) is 22.0 Å². The maximum absolute atomic E-state index is 12.2. The van der Waals surface area contributed by atoms with Gasteiger partial charge in [0.25, 0.3) is 5.56 Å². The molecule has 0 spiro atoms. The highest BCUT2D eigenvalue weighted by Crippen LogP contribution is 2.23. The third kappa shape index (κ3) is 2.88. The lowest BCUT2D eigenvalue weighted by Crippen LogP contribution is -2.08. The Kier molecular flexibility index (Phi) is 3.85. The molecule has 3 N–H and O–H groups in total. The summed E-state index contributed by atoms with van der Waals surface area (Å²) < 4.78 is 0. The molecule has 0 radical (unpaired) electrons. The lowest BCUT2D eigenvalue weighted by atomic mass is 10.1. The number of carbonyl (C=O) groups is 1. The van der Waals surface area contributed by atoms with Crippen molar-refractivity contribution in [2.24, 2.45) is 0 Å². The number of aromatic nitrogens is 2. The monoisotopic (exact) mass is 345 g/mol. The van der Waals surface area contributed by atoms with Gasteiger partial charge in [0.05, 0.1) is 5.56 Å². The van der Waals surface area contributed by atoms with Gasteiger partial charge >= 0.3 is 5.97 Å². The SMILES string of the molecule is O=C(O)c1cccc(CNc2ccc3c(=O)[nH]c4ncccc4c3c2)c1. The van der Waals surface area contributed by atoms with Crippen LogP contribution in [0.25, 0.3) is 21.8 Å². The van der Waals surface area contributed by atoms with Crippen LogP contribution in [0.3, 0.4) is 0 Å². The minimum Gasteiger partial charge on any atom is -0.478 e. The van der Waals surface area contributed by atoms with Crippen LogP contribution >= 0.6 is 0 Å². The van der Waals surface area contributed by atoms with Crippen molar-refractivity contribution in [3.8, 4) is 0 Å². The van der Waals surface area contributed by atoms with Crippen molar-refractivity contribution in [3.05, 3.63) is 82.3 Å². The second-order valence-corrected chi connectivity index (χ2v) is 5.97. The molecule has 0 aliphatic heterocycles. The number of aromatic carboxylic acids is 1. The Bertz CT molecular complexity index is 1200. The molecule has 2 heterocycles. The second-order valence-electron chi connectivity index (χ2n) is 5.97. The third-order valence-corrected chi connectivity index (χ3v) is 4.26. The number of benzene rings is 2. The van der Waals surface area contributed by atoms with E-state index in [2.05, 4.69) is 15.3 Å². The molecule has 128 valence electrons. The molecule has 4 rings (SSSR count). The summed E-state index contributed by atoms with van der Waals surface area (Å²) >= 11 is 0. The van der Waals surface area contributed by atoms with Crippen molar-refractivity contribution in [3.63, 3.8) is 0 Å². The van der Waals surface area contributed by atoms with Gasteiger partial charge in [0.1, 0.15) is 5.65 Å². The zero-order valence-corrected chi connectivity index (χ0v) is 13.7. The molecule has 0 aliphatic carbocycles. The summed E-state index contributed by atoms with van der Waals surface area (Å²) in [6, 6.07) is 16.1. The Hall–Kier alpha value is -3.67. The van der Waals surface area contributed by atoms with Crippen LogP contribution in [0.2, 0.25) is 0 Å². The first-order chi connectivity index (χ1) is 12.6. The zero-order chi connectivity index (χ0) is 18.1. The number of carboxylic acid groups (broad SMARTS) is 1. The minimum absolute atomic E-state index is 0.174. The smallest absolute Gasteiger partial charge is 0.335 e. The summed E-state index contributed by atoms with van der Waals surface area (Å²) in [5.74, 6) is -0.948. The van der Waals surface area contributed by atoms with E-state index in [1.165, 1.54) is 0 Å². The van der Waals surface area contributed by atoms with Crippen molar-refractivity contribution in [2.75, 3.05) is 5.32 Å². The van der Waals surface area contributed by atoms with E-state index in [-0.39, 0.29) is 11.1 Å². The lowest BCUT2D eigenvalue weighted by Gasteiger charge is -2.09. The molecule has 0 fully saturated rings. The van der Waals surface area contributed by atoms with Crippen molar-refractivity contribution >= 4 is 33.5 Å². The van der Waals surface area contributed by atoms with Crippen LogP contribution in [0.4, 0.5) is 5.69 Å². The summed E-state index contributed by atoms with van der Waals surface area (Å²) in [5.41, 5.74) is 2.34. The fourth-order valence-electron chi connectivity index (χ4n) is 2.99. The molecule has 0 amide bonds. The van der Waals surface area contributed by atoms with Crippen LogP contribution in [0, 0.1) is 0 Å². The van der Waals surface area contributed by atoms with E-state index in [1.54, 1.807) is 30.5 Å². The van der Waals surface area contributed by atoms with Gasteiger partial charge in [-0.3, -0.25) is 4.79 Å². The van der Waals surface area contributed by atoms with Gasteiger partial charge < -0.3 is 15.4 Å². The molecular formula is C20H15N3O3. The standard InChI is InChI=1S/C20H15N3O3/c24-19-16-7-6-14(10-17(16)15-5-2-8-21-18(15)23-19)22-11-12-3-1-4-13(9-12)20(25)26/h1-10,22H,11H2,(H,25,26)(H,21,23,24). The first-order valence-corrected chi connectivity index (χ1v) is 8.09. The first kappa shape index (κ1) is 15.8. The van der Waals surface area contributed by atoms with Gasteiger partial charge in [-0.1, -0.05) is 12.1 Å². The van der Waals surface area contributed by atoms with Gasteiger partial charge in [0, 0.05) is 34.6 Å². The molecule has 6 nitrogen and oxygen atoms in total. The van der Waals surface area contributed by atoms with Crippen LogP contribution < -0.4 is 10.9 Å². The largest absolute Gasteiger partial charge is 0.478 e. The third-order valence-electron chi connectivity index (χ3n) is 4.26. The summed E-state index contributed by atoms with van der Waals surface area (Å²) in [5, 5.41) is 14.7. The molecule has 0 saturated carbocycles. The quantitative estimate of drug-likeness (QED) is 0.493. The van der Waals surface area contributed by atoms with Crippen LogP contribution in [0.15, 0.2) is 65.6 Å². The predicted molar refractivity (Wildman–Crippen MR) is 101 cm³/mol. The second kappa shape index (κ2) is 6.33. The number of nitrogens with zero attached hydrogens (tertiary/aromatic N) is 1. The average molecular weight is 345 g/mol. The average Bonchev–Trinajstić information content (AvgIpc) is 2.66. The van der Waals surface area contributed by atoms with Crippen LogP contribution in [-0.2, 0) is 6.54 Å². The number of rotatable bonds is 4. The molecule has 0 atom stereocenters. The Morgan fingerprint density at radius 2 is 1.92 bits per heavy atom. The molecular weight excluding hydrogens is 330 g/mol. The van der Waals surface area contributed by atoms with Crippen molar-refractivity contribution < 1.29 is 9.90 Å². The summed E-state index contributed by atoms with van der Waals surface area (Å²) in [4.78, 5) is 30.3. The highest BCUT2D eigenvalue weighted by molar-refractivity contribution is 6.05.